The highest BCUT2D eigenvalue weighted by Crippen LogP contribution is 2.20. The lowest BCUT2D eigenvalue weighted by molar-refractivity contribution is 0.413. The van der Waals surface area contributed by atoms with Gasteiger partial charge in [-0.05, 0) is 24.6 Å². The van der Waals surface area contributed by atoms with Gasteiger partial charge < -0.3 is 4.74 Å². The van der Waals surface area contributed by atoms with Gasteiger partial charge in [0.1, 0.15) is 5.75 Å². The molecule has 0 saturated carbocycles. The number of hydrogen-bond acceptors (Lipinski definition) is 3. The fraction of sp³-hybridized carbons (Fsp3) is 0.167. The molecule has 76 valence electrons. The molecule has 3 heteroatoms. The number of methoxy groups -OCH3 is 1. The molecule has 0 spiro atoms. The van der Waals surface area contributed by atoms with E-state index in [0.717, 1.165) is 22.6 Å². The summed E-state index contributed by atoms with van der Waals surface area (Å²) in [6.07, 6.45) is 5.30. The second-order valence-electron chi connectivity index (χ2n) is 3.33. The van der Waals surface area contributed by atoms with Crippen LogP contribution in [0.4, 0.5) is 0 Å². The van der Waals surface area contributed by atoms with Crippen LogP contribution >= 0.6 is 0 Å². The number of ether oxygens (including phenoxy) is 1. The Bertz CT molecular complexity index is 451. The summed E-state index contributed by atoms with van der Waals surface area (Å²) in [7, 11) is 1.63. The molecule has 0 aliphatic carbocycles. The van der Waals surface area contributed by atoms with Crippen molar-refractivity contribution < 1.29 is 4.74 Å². The summed E-state index contributed by atoms with van der Waals surface area (Å²) in [5.74, 6) is 0.745. The summed E-state index contributed by atoms with van der Waals surface area (Å²) in [6, 6.07) is 5.93. The topological polar surface area (TPSA) is 35.0 Å². The first kappa shape index (κ1) is 9.65. The van der Waals surface area contributed by atoms with Crippen LogP contribution in [0.1, 0.15) is 5.56 Å². The second kappa shape index (κ2) is 4.09. The summed E-state index contributed by atoms with van der Waals surface area (Å²) in [6.45, 7) is 2.01. The van der Waals surface area contributed by atoms with Gasteiger partial charge in [0, 0.05) is 18.0 Å². The molecule has 15 heavy (non-hydrogen) atoms. The van der Waals surface area contributed by atoms with Crippen LogP contribution in [0.15, 0.2) is 36.8 Å². The van der Waals surface area contributed by atoms with E-state index in [1.54, 1.807) is 19.5 Å². The normalized spacial score (nSPS) is 10.0. The smallest absolute Gasteiger partial charge is 0.137 e. The van der Waals surface area contributed by atoms with Crippen LogP contribution in [0.2, 0.25) is 0 Å². The highest BCUT2D eigenvalue weighted by Gasteiger charge is 2.00. The van der Waals surface area contributed by atoms with E-state index in [9.17, 15) is 0 Å². The first-order chi connectivity index (χ1) is 7.29. The number of rotatable bonds is 2. The SMILES string of the molecule is COc1cncc(-c2ccc(C)cn2)c1. The second-order valence-corrected chi connectivity index (χ2v) is 3.33. The van der Waals surface area contributed by atoms with Crippen molar-refractivity contribution in [3.05, 3.63) is 42.4 Å². The largest absolute Gasteiger partial charge is 0.495 e. The lowest BCUT2D eigenvalue weighted by Crippen LogP contribution is -1.88. The van der Waals surface area contributed by atoms with Gasteiger partial charge in [-0.15, -0.1) is 0 Å². The Labute approximate surface area is 88.8 Å². The van der Waals surface area contributed by atoms with Crippen molar-refractivity contribution in [1.82, 2.24) is 9.97 Å². The van der Waals surface area contributed by atoms with Gasteiger partial charge in [-0.25, -0.2) is 0 Å². The van der Waals surface area contributed by atoms with Gasteiger partial charge in [-0.1, -0.05) is 6.07 Å². The molecule has 2 rings (SSSR count). The zero-order valence-corrected chi connectivity index (χ0v) is 8.77. The van der Waals surface area contributed by atoms with Gasteiger partial charge in [0.05, 0.1) is 19.0 Å². The zero-order chi connectivity index (χ0) is 10.7. The standard InChI is InChI=1S/C12H12N2O/c1-9-3-4-12(14-6-9)10-5-11(15-2)8-13-7-10/h3-8H,1-2H3. The van der Waals surface area contributed by atoms with Crippen LogP contribution < -0.4 is 4.74 Å². The van der Waals surface area contributed by atoms with Gasteiger partial charge in [0.25, 0.3) is 0 Å². The first-order valence-corrected chi connectivity index (χ1v) is 4.71. The molecule has 0 bridgehead atoms. The highest BCUT2D eigenvalue weighted by molar-refractivity contribution is 5.59. The molecule has 0 aliphatic rings. The van der Waals surface area contributed by atoms with Gasteiger partial charge >= 0.3 is 0 Å². The average Bonchev–Trinajstić information content (AvgIpc) is 2.30. The molecule has 0 aliphatic heterocycles. The fourth-order valence-corrected chi connectivity index (χ4v) is 1.31. The van der Waals surface area contributed by atoms with E-state index in [-0.39, 0.29) is 0 Å². The third-order valence-electron chi connectivity index (χ3n) is 2.16. The van der Waals surface area contributed by atoms with E-state index < -0.39 is 0 Å². The molecule has 0 fully saturated rings. The van der Waals surface area contributed by atoms with Crippen molar-refractivity contribution >= 4 is 0 Å². The van der Waals surface area contributed by atoms with Crippen LogP contribution in [0, 0.1) is 6.92 Å². The van der Waals surface area contributed by atoms with Crippen LogP contribution in [-0.2, 0) is 0 Å². The van der Waals surface area contributed by atoms with E-state index in [1.807, 2.05) is 31.3 Å². The molecular formula is C12H12N2O. The molecule has 0 radical (unpaired) electrons. The van der Waals surface area contributed by atoms with E-state index in [2.05, 4.69) is 9.97 Å². The van der Waals surface area contributed by atoms with E-state index in [4.69, 9.17) is 4.74 Å². The van der Waals surface area contributed by atoms with Crippen molar-refractivity contribution in [1.29, 1.82) is 0 Å². The van der Waals surface area contributed by atoms with Crippen LogP contribution in [-0.4, -0.2) is 17.1 Å². The minimum absolute atomic E-state index is 0.745. The number of nitrogens with zero attached hydrogens (tertiary/aromatic N) is 2. The maximum absolute atomic E-state index is 5.11. The summed E-state index contributed by atoms with van der Waals surface area (Å²) in [5, 5.41) is 0. The van der Waals surface area contributed by atoms with Crippen molar-refractivity contribution in [2.45, 2.75) is 6.92 Å². The first-order valence-electron chi connectivity index (χ1n) is 4.71. The Hall–Kier alpha value is -1.90. The van der Waals surface area contributed by atoms with Crippen LogP contribution in [0.5, 0.6) is 5.75 Å². The molecule has 0 aromatic carbocycles. The van der Waals surface area contributed by atoms with E-state index in [1.165, 1.54) is 0 Å². The van der Waals surface area contributed by atoms with E-state index >= 15 is 0 Å². The number of pyridine rings is 2. The van der Waals surface area contributed by atoms with Crippen molar-refractivity contribution in [3.63, 3.8) is 0 Å². The molecule has 0 atom stereocenters. The molecule has 0 unspecified atom stereocenters. The van der Waals surface area contributed by atoms with Crippen molar-refractivity contribution in [3.8, 4) is 17.0 Å². The number of hydrogen-bond donors (Lipinski definition) is 0. The molecule has 0 N–H and O–H groups in total. The Morgan fingerprint density at radius 3 is 2.67 bits per heavy atom. The van der Waals surface area contributed by atoms with E-state index in [0.29, 0.717) is 0 Å². The molecule has 2 aromatic heterocycles. The third-order valence-corrected chi connectivity index (χ3v) is 2.16. The van der Waals surface area contributed by atoms with Gasteiger partial charge in [0.2, 0.25) is 0 Å². The van der Waals surface area contributed by atoms with Crippen LogP contribution in [0.25, 0.3) is 11.3 Å². The number of aryl methyl sites for hydroxylation is 1. The predicted octanol–water partition coefficient (Wildman–Crippen LogP) is 2.46. The summed E-state index contributed by atoms with van der Waals surface area (Å²) in [4.78, 5) is 8.42. The van der Waals surface area contributed by atoms with Crippen molar-refractivity contribution in [2.75, 3.05) is 7.11 Å². The highest BCUT2D eigenvalue weighted by atomic mass is 16.5. The molecule has 0 saturated heterocycles. The minimum Gasteiger partial charge on any atom is -0.495 e. The van der Waals surface area contributed by atoms with Crippen molar-refractivity contribution in [2.24, 2.45) is 0 Å². The molecule has 0 amide bonds. The monoisotopic (exact) mass is 200 g/mol. The van der Waals surface area contributed by atoms with Crippen LogP contribution in [0.3, 0.4) is 0 Å². The molecular weight excluding hydrogens is 188 g/mol. The zero-order valence-electron chi connectivity index (χ0n) is 8.77. The Morgan fingerprint density at radius 2 is 2.00 bits per heavy atom. The number of aromatic nitrogens is 2. The Morgan fingerprint density at radius 1 is 1.13 bits per heavy atom. The van der Waals surface area contributed by atoms with Gasteiger partial charge in [-0.2, -0.15) is 0 Å². The summed E-state index contributed by atoms with van der Waals surface area (Å²) >= 11 is 0. The lowest BCUT2D eigenvalue weighted by Gasteiger charge is -2.03. The Kier molecular flexibility index (Phi) is 2.63. The maximum Gasteiger partial charge on any atom is 0.137 e. The average molecular weight is 200 g/mol. The fourth-order valence-electron chi connectivity index (χ4n) is 1.31. The maximum atomic E-state index is 5.11. The minimum atomic E-state index is 0.745. The quantitative estimate of drug-likeness (QED) is 0.747. The third kappa shape index (κ3) is 2.13. The lowest BCUT2D eigenvalue weighted by atomic mass is 10.1. The predicted molar refractivity (Wildman–Crippen MR) is 58.8 cm³/mol. The summed E-state index contributed by atoms with van der Waals surface area (Å²) < 4.78 is 5.11. The summed E-state index contributed by atoms with van der Waals surface area (Å²) in [5.41, 5.74) is 3.02. The Balaban J connectivity index is 2.40. The van der Waals surface area contributed by atoms with Gasteiger partial charge in [0.15, 0.2) is 0 Å². The molecule has 3 nitrogen and oxygen atoms in total. The molecule has 2 aromatic rings. The van der Waals surface area contributed by atoms with Gasteiger partial charge in [-0.3, -0.25) is 9.97 Å². The molecule has 2 heterocycles.